The minimum Gasteiger partial charge on any atom is -0.392 e. The lowest BCUT2D eigenvalue weighted by Crippen LogP contribution is -1.92. The van der Waals surface area contributed by atoms with Gasteiger partial charge in [-0.2, -0.15) is 0 Å². The first-order valence-corrected chi connectivity index (χ1v) is 5.17. The van der Waals surface area contributed by atoms with Crippen molar-refractivity contribution in [2.24, 2.45) is 0 Å². The first kappa shape index (κ1) is 9.62. The smallest absolute Gasteiger partial charge is 0.0850 e. The molecular formula is C11H10BrNO. The van der Waals surface area contributed by atoms with E-state index in [4.69, 9.17) is 0 Å². The number of benzene rings is 1. The van der Waals surface area contributed by atoms with Crippen LogP contribution in [0, 0.1) is 6.92 Å². The second-order valence-electron chi connectivity index (χ2n) is 3.22. The summed E-state index contributed by atoms with van der Waals surface area (Å²) in [7, 11) is 0. The maximum atomic E-state index is 9.21. The van der Waals surface area contributed by atoms with Crippen molar-refractivity contribution in [1.29, 1.82) is 0 Å². The van der Waals surface area contributed by atoms with Gasteiger partial charge in [0.25, 0.3) is 0 Å². The fraction of sp³-hybridized carbons (Fsp3) is 0.182. The van der Waals surface area contributed by atoms with E-state index in [0.717, 1.165) is 26.6 Å². The Hall–Kier alpha value is -0.930. The fourth-order valence-corrected chi connectivity index (χ4v) is 2.01. The van der Waals surface area contributed by atoms with Crippen LogP contribution in [0.25, 0.3) is 10.9 Å². The van der Waals surface area contributed by atoms with Crippen LogP contribution in [-0.2, 0) is 6.61 Å². The van der Waals surface area contributed by atoms with Crippen molar-refractivity contribution in [2.75, 3.05) is 0 Å². The van der Waals surface area contributed by atoms with Crippen LogP contribution in [0.4, 0.5) is 0 Å². The monoisotopic (exact) mass is 251 g/mol. The Morgan fingerprint density at radius 1 is 1.43 bits per heavy atom. The van der Waals surface area contributed by atoms with E-state index in [1.165, 1.54) is 0 Å². The van der Waals surface area contributed by atoms with Gasteiger partial charge in [0.1, 0.15) is 0 Å². The summed E-state index contributed by atoms with van der Waals surface area (Å²) in [5.74, 6) is 0. The number of nitrogens with zero attached hydrogens (tertiary/aromatic N) is 1. The molecular weight excluding hydrogens is 242 g/mol. The average Bonchev–Trinajstić information content (AvgIpc) is 2.18. The highest BCUT2D eigenvalue weighted by molar-refractivity contribution is 9.10. The molecule has 0 saturated carbocycles. The fourth-order valence-electron chi connectivity index (χ4n) is 1.56. The highest BCUT2D eigenvalue weighted by atomic mass is 79.9. The molecule has 1 N–H and O–H groups in total. The van der Waals surface area contributed by atoms with Gasteiger partial charge in [0.2, 0.25) is 0 Å². The van der Waals surface area contributed by atoms with Crippen molar-refractivity contribution in [3.8, 4) is 0 Å². The standard InChI is InChI=1S/C11H10BrNO/c1-7-5-8(6-14)9-3-2-4-10(12)11(9)13-7/h2-5,14H,6H2,1H3. The molecule has 0 aliphatic rings. The van der Waals surface area contributed by atoms with E-state index in [-0.39, 0.29) is 6.61 Å². The number of pyridine rings is 1. The molecule has 3 heteroatoms. The number of aryl methyl sites for hydroxylation is 1. The number of fused-ring (bicyclic) bond motifs is 1. The summed E-state index contributed by atoms with van der Waals surface area (Å²) in [5, 5.41) is 10.2. The molecule has 0 unspecified atom stereocenters. The second-order valence-corrected chi connectivity index (χ2v) is 4.07. The van der Waals surface area contributed by atoms with Crippen LogP contribution in [0.3, 0.4) is 0 Å². The van der Waals surface area contributed by atoms with Crippen molar-refractivity contribution in [3.05, 3.63) is 40.0 Å². The lowest BCUT2D eigenvalue weighted by atomic mass is 10.1. The Kier molecular flexibility index (Phi) is 2.52. The summed E-state index contributed by atoms with van der Waals surface area (Å²) in [4.78, 5) is 4.43. The largest absolute Gasteiger partial charge is 0.392 e. The summed E-state index contributed by atoms with van der Waals surface area (Å²) in [6.45, 7) is 1.98. The van der Waals surface area contributed by atoms with Gasteiger partial charge in [-0.25, -0.2) is 0 Å². The van der Waals surface area contributed by atoms with Gasteiger partial charge in [0, 0.05) is 15.6 Å². The molecule has 0 aliphatic heterocycles. The van der Waals surface area contributed by atoms with Gasteiger partial charge < -0.3 is 5.11 Å². The highest BCUT2D eigenvalue weighted by Crippen LogP contribution is 2.25. The number of aliphatic hydroxyl groups is 1. The number of aromatic nitrogens is 1. The molecule has 0 aliphatic carbocycles. The topological polar surface area (TPSA) is 33.1 Å². The predicted molar refractivity (Wildman–Crippen MR) is 60.1 cm³/mol. The van der Waals surface area contributed by atoms with Crippen LogP contribution < -0.4 is 0 Å². The maximum Gasteiger partial charge on any atom is 0.0850 e. The van der Waals surface area contributed by atoms with Crippen molar-refractivity contribution in [3.63, 3.8) is 0 Å². The van der Waals surface area contributed by atoms with Crippen LogP contribution >= 0.6 is 15.9 Å². The lowest BCUT2D eigenvalue weighted by Gasteiger charge is -2.06. The maximum absolute atomic E-state index is 9.21. The molecule has 72 valence electrons. The third-order valence-corrected chi connectivity index (χ3v) is 2.81. The van der Waals surface area contributed by atoms with Crippen molar-refractivity contribution >= 4 is 26.8 Å². The molecule has 0 amide bonds. The van der Waals surface area contributed by atoms with E-state index >= 15 is 0 Å². The zero-order chi connectivity index (χ0) is 10.1. The Morgan fingerprint density at radius 2 is 2.21 bits per heavy atom. The summed E-state index contributed by atoms with van der Waals surface area (Å²) >= 11 is 3.45. The molecule has 0 bridgehead atoms. The van der Waals surface area contributed by atoms with Crippen LogP contribution in [0.15, 0.2) is 28.7 Å². The summed E-state index contributed by atoms with van der Waals surface area (Å²) in [6, 6.07) is 7.78. The molecule has 1 aromatic carbocycles. The van der Waals surface area contributed by atoms with Gasteiger partial charge in [0.05, 0.1) is 12.1 Å². The van der Waals surface area contributed by atoms with Crippen molar-refractivity contribution in [1.82, 2.24) is 4.98 Å². The molecule has 14 heavy (non-hydrogen) atoms. The quantitative estimate of drug-likeness (QED) is 0.846. The normalized spacial score (nSPS) is 10.8. The third kappa shape index (κ3) is 1.53. The molecule has 2 aromatic rings. The molecule has 2 nitrogen and oxygen atoms in total. The molecule has 0 radical (unpaired) electrons. The number of para-hydroxylation sites is 1. The van der Waals surface area contributed by atoms with Crippen LogP contribution in [0.2, 0.25) is 0 Å². The van der Waals surface area contributed by atoms with E-state index in [0.29, 0.717) is 0 Å². The SMILES string of the molecule is Cc1cc(CO)c2cccc(Br)c2n1. The summed E-state index contributed by atoms with van der Waals surface area (Å²) in [5.41, 5.74) is 2.76. The minimum atomic E-state index is 0.0519. The summed E-state index contributed by atoms with van der Waals surface area (Å²) < 4.78 is 0.966. The van der Waals surface area contributed by atoms with E-state index < -0.39 is 0 Å². The van der Waals surface area contributed by atoms with Gasteiger partial charge in [-0.05, 0) is 40.5 Å². The number of halogens is 1. The molecule has 0 atom stereocenters. The first-order chi connectivity index (χ1) is 6.72. The molecule has 0 spiro atoms. The van der Waals surface area contributed by atoms with E-state index in [1.54, 1.807) is 0 Å². The molecule has 0 saturated heterocycles. The minimum absolute atomic E-state index is 0.0519. The zero-order valence-electron chi connectivity index (χ0n) is 7.79. The van der Waals surface area contributed by atoms with E-state index in [9.17, 15) is 5.11 Å². The zero-order valence-corrected chi connectivity index (χ0v) is 9.37. The van der Waals surface area contributed by atoms with Gasteiger partial charge >= 0.3 is 0 Å². The first-order valence-electron chi connectivity index (χ1n) is 4.38. The Morgan fingerprint density at radius 3 is 2.93 bits per heavy atom. The third-order valence-electron chi connectivity index (χ3n) is 2.17. The number of aliphatic hydroxyl groups excluding tert-OH is 1. The highest BCUT2D eigenvalue weighted by Gasteiger charge is 2.05. The Balaban J connectivity index is 2.87. The number of hydrogen-bond acceptors (Lipinski definition) is 2. The van der Waals surface area contributed by atoms with Crippen LogP contribution in [-0.4, -0.2) is 10.1 Å². The lowest BCUT2D eigenvalue weighted by molar-refractivity contribution is 0.283. The molecule has 0 fully saturated rings. The second kappa shape index (κ2) is 3.67. The summed E-state index contributed by atoms with van der Waals surface area (Å²) in [6.07, 6.45) is 0. The van der Waals surface area contributed by atoms with Crippen molar-refractivity contribution in [2.45, 2.75) is 13.5 Å². The Bertz CT molecular complexity index is 482. The van der Waals surface area contributed by atoms with Crippen molar-refractivity contribution < 1.29 is 5.11 Å². The van der Waals surface area contributed by atoms with Gasteiger partial charge in [-0.1, -0.05) is 12.1 Å². The van der Waals surface area contributed by atoms with E-state index in [1.807, 2.05) is 31.2 Å². The molecule has 1 heterocycles. The van der Waals surface area contributed by atoms with Gasteiger partial charge in [-0.15, -0.1) is 0 Å². The van der Waals surface area contributed by atoms with Gasteiger partial charge in [-0.3, -0.25) is 4.98 Å². The number of hydrogen-bond donors (Lipinski definition) is 1. The van der Waals surface area contributed by atoms with Gasteiger partial charge in [0.15, 0.2) is 0 Å². The molecule has 2 rings (SSSR count). The van der Waals surface area contributed by atoms with E-state index in [2.05, 4.69) is 20.9 Å². The van der Waals surface area contributed by atoms with Crippen LogP contribution in [0.1, 0.15) is 11.3 Å². The predicted octanol–water partition coefficient (Wildman–Crippen LogP) is 2.80. The van der Waals surface area contributed by atoms with Crippen LogP contribution in [0.5, 0.6) is 0 Å². The number of rotatable bonds is 1. The molecule has 1 aromatic heterocycles. The Labute approximate surface area is 90.7 Å². The average molecular weight is 252 g/mol.